The molecule has 0 spiro atoms. The maximum Gasteiger partial charge on any atom is 0.260 e. The molecule has 2 atom stereocenters. The minimum Gasteiger partial charge on any atom is -0.497 e. The van der Waals surface area contributed by atoms with Crippen LogP contribution in [0, 0.1) is 0 Å². The Kier molecular flexibility index (Phi) is 5.63. The summed E-state index contributed by atoms with van der Waals surface area (Å²) in [5.41, 5.74) is 6.74. The first-order valence-electron chi connectivity index (χ1n) is 6.37. The molecule has 0 aliphatic heterocycles. The van der Waals surface area contributed by atoms with Crippen molar-refractivity contribution in [3.63, 3.8) is 0 Å². The van der Waals surface area contributed by atoms with Gasteiger partial charge in [-0.15, -0.1) is 0 Å². The van der Waals surface area contributed by atoms with Crippen LogP contribution in [0.2, 0.25) is 0 Å². The Labute approximate surface area is 114 Å². The van der Waals surface area contributed by atoms with Gasteiger partial charge in [0.05, 0.1) is 7.11 Å². The number of methoxy groups -OCH3 is 1. The van der Waals surface area contributed by atoms with Gasteiger partial charge in [0.2, 0.25) is 0 Å². The van der Waals surface area contributed by atoms with Gasteiger partial charge in [-0.2, -0.15) is 0 Å². The number of carbonyl (C=O) groups excluding carboxylic acids is 1. The van der Waals surface area contributed by atoms with Gasteiger partial charge in [0.25, 0.3) is 5.91 Å². The van der Waals surface area contributed by atoms with E-state index < -0.39 is 6.10 Å². The lowest BCUT2D eigenvalue weighted by molar-refractivity contribution is -0.127. The summed E-state index contributed by atoms with van der Waals surface area (Å²) in [6.07, 6.45) is -0.579. The van der Waals surface area contributed by atoms with Crippen LogP contribution in [0.4, 0.5) is 0 Å². The van der Waals surface area contributed by atoms with Gasteiger partial charge in [0, 0.05) is 24.2 Å². The molecule has 1 amide bonds. The maximum absolute atomic E-state index is 11.7. The average molecular weight is 266 g/mol. The van der Waals surface area contributed by atoms with E-state index >= 15 is 0 Å². The van der Waals surface area contributed by atoms with Gasteiger partial charge >= 0.3 is 0 Å². The van der Waals surface area contributed by atoms with Crippen LogP contribution in [0.5, 0.6) is 11.5 Å². The normalized spacial score (nSPS) is 13.5. The second kappa shape index (κ2) is 6.99. The van der Waals surface area contributed by atoms with Crippen LogP contribution in [-0.2, 0) is 4.79 Å². The summed E-state index contributed by atoms with van der Waals surface area (Å²) in [6.45, 7) is 6.01. The molecule has 5 nitrogen and oxygen atoms in total. The van der Waals surface area contributed by atoms with E-state index in [-0.39, 0.29) is 11.9 Å². The number of nitrogens with one attached hydrogen (secondary N) is 1. The zero-order chi connectivity index (χ0) is 14.4. The Hall–Kier alpha value is -1.75. The van der Waals surface area contributed by atoms with Crippen LogP contribution < -0.4 is 20.5 Å². The summed E-state index contributed by atoms with van der Waals surface area (Å²) in [7, 11) is 1.58. The van der Waals surface area contributed by atoms with Crippen molar-refractivity contribution in [1.82, 2.24) is 5.32 Å². The topological polar surface area (TPSA) is 73.6 Å². The van der Waals surface area contributed by atoms with E-state index in [9.17, 15) is 4.79 Å². The number of carbonyl (C=O) groups is 1. The smallest absolute Gasteiger partial charge is 0.260 e. The van der Waals surface area contributed by atoms with Gasteiger partial charge in [0.1, 0.15) is 11.5 Å². The van der Waals surface area contributed by atoms with Gasteiger partial charge < -0.3 is 20.5 Å². The van der Waals surface area contributed by atoms with Crippen LogP contribution >= 0.6 is 0 Å². The van der Waals surface area contributed by atoms with Crippen molar-refractivity contribution >= 4 is 5.91 Å². The van der Waals surface area contributed by atoms with Crippen molar-refractivity contribution in [3.8, 4) is 11.5 Å². The fraction of sp³-hybridized carbons (Fsp3) is 0.500. The van der Waals surface area contributed by atoms with Gasteiger partial charge in [-0.3, -0.25) is 4.79 Å². The largest absolute Gasteiger partial charge is 0.497 e. The first-order valence-corrected chi connectivity index (χ1v) is 6.37. The predicted molar refractivity (Wildman–Crippen MR) is 74.4 cm³/mol. The highest BCUT2D eigenvalue weighted by Gasteiger charge is 2.17. The molecule has 1 rings (SSSR count). The lowest BCUT2D eigenvalue weighted by atomic mass is 10.1. The Morgan fingerprint density at radius 3 is 2.63 bits per heavy atom. The number of likely N-dealkylation sites (N-methyl/N-ethyl adjacent to an activating group) is 1. The number of amides is 1. The molecule has 0 aliphatic carbocycles. The monoisotopic (exact) mass is 266 g/mol. The van der Waals surface area contributed by atoms with E-state index in [4.69, 9.17) is 15.2 Å². The van der Waals surface area contributed by atoms with Crippen molar-refractivity contribution in [1.29, 1.82) is 0 Å². The van der Waals surface area contributed by atoms with Gasteiger partial charge in [-0.25, -0.2) is 0 Å². The Balaban J connectivity index is 2.94. The van der Waals surface area contributed by atoms with Gasteiger partial charge in [-0.1, -0.05) is 6.07 Å². The third-order valence-corrected chi connectivity index (χ3v) is 2.74. The molecule has 0 aliphatic rings. The highest BCUT2D eigenvalue weighted by Crippen LogP contribution is 2.29. The van der Waals surface area contributed by atoms with E-state index in [1.54, 1.807) is 20.1 Å². The Morgan fingerprint density at radius 2 is 2.11 bits per heavy atom. The summed E-state index contributed by atoms with van der Waals surface area (Å²) < 4.78 is 10.8. The molecule has 3 N–H and O–H groups in total. The van der Waals surface area contributed by atoms with Gasteiger partial charge in [0.15, 0.2) is 6.10 Å². The number of hydrogen-bond acceptors (Lipinski definition) is 4. The molecule has 0 saturated heterocycles. The van der Waals surface area contributed by atoms with Crippen molar-refractivity contribution in [2.75, 3.05) is 13.7 Å². The molecule has 2 unspecified atom stereocenters. The van der Waals surface area contributed by atoms with Gasteiger partial charge in [-0.05, 0) is 26.8 Å². The fourth-order valence-electron chi connectivity index (χ4n) is 1.68. The lowest BCUT2D eigenvalue weighted by Crippen LogP contribution is -2.36. The third kappa shape index (κ3) is 4.13. The number of nitrogens with two attached hydrogens (primary N) is 1. The zero-order valence-corrected chi connectivity index (χ0v) is 11.9. The second-order valence-electron chi connectivity index (χ2n) is 4.35. The van der Waals surface area contributed by atoms with Crippen LogP contribution in [0.25, 0.3) is 0 Å². The molecule has 0 bridgehead atoms. The zero-order valence-electron chi connectivity index (χ0n) is 11.9. The molecule has 0 heterocycles. The maximum atomic E-state index is 11.7. The van der Waals surface area contributed by atoms with Crippen LogP contribution in [0.1, 0.15) is 32.4 Å². The summed E-state index contributed by atoms with van der Waals surface area (Å²) in [5, 5.41) is 2.72. The molecule has 1 aromatic rings. The molecular formula is C14H22N2O3. The molecule has 0 fully saturated rings. The second-order valence-corrected chi connectivity index (χ2v) is 4.35. The number of rotatable bonds is 6. The number of hydrogen-bond donors (Lipinski definition) is 2. The van der Waals surface area contributed by atoms with E-state index in [0.717, 1.165) is 5.56 Å². The number of ether oxygens (including phenoxy) is 2. The van der Waals surface area contributed by atoms with E-state index in [1.807, 2.05) is 26.0 Å². The molecule has 1 aromatic carbocycles. The summed E-state index contributed by atoms with van der Waals surface area (Å²) in [4.78, 5) is 11.7. The molecule has 106 valence electrons. The van der Waals surface area contributed by atoms with Crippen LogP contribution in [-0.4, -0.2) is 25.7 Å². The quantitative estimate of drug-likeness (QED) is 0.820. The van der Waals surface area contributed by atoms with Crippen molar-refractivity contribution < 1.29 is 14.3 Å². The minimum atomic E-state index is -0.579. The molecular weight excluding hydrogens is 244 g/mol. The molecule has 19 heavy (non-hydrogen) atoms. The fourth-order valence-corrected chi connectivity index (χ4v) is 1.68. The molecule has 0 aromatic heterocycles. The van der Waals surface area contributed by atoms with Crippen molar-refractivity contribution in [2.45, 2.75) is 32.9 Å². The predicted octanol–water partition coefficient (Wildman–Crippen LogP) is 1.62. The first-order chi connectivity index (χ1) is 8.99. The van der Waals surface area contributed by atoms with E-state index in [1.165, 1.54) is 0 Å². The SMILES string of the molecule is CCNC(=O)C(C)Oc1cc(OC)ccc1C(C)N. The summed E-state index contributed by atoms with van der Waals surface area (Å²) in [5.74, 6) is 1.09. The highest BCUT2D eigenvalue weighted by atomic mass is 16.5. The molecule has 0 saturated carbocycles. The first kappa shape index (κ1) is 15.3. The minimum absolute atomic E-state index is 0.152. The van der Waals surface area contributed by atoms with Crippen LogP contribution in [0.3, 0.4) is 0 Å². The Bertz CT molecular complexity index is 433. The van der Waals surface area contributed by atoms with Crippen molar-refractivity contribution in [3.05, 3.63) is 23.8 Å². The third-order valence-electron chi connectivity index (χ3n) is 2.74. The standard InChI is InChI=1S/C14H22N2O3/c1-5-16-14(17)10(3)19-13-8-11(18-4)6-7-12(13)9(2)15/h6-10H,5,15H2,1-4H3,(H,16,17). The Morgan fingerprint density at radius 1 is 1.42 bits per heavy atom. The van der Waals surface area contributed by atoms with Crippen LogP contribution in [0.15, 0.2) is 18.2 Å². The molecule has 5 heteroatoms. The summed E-state index contributed by atoms with van der Waals surface area (Å²) >= 11 is 0. The van der Waals surface area contributed by atoms with Crippen molar-refractivity contribution in [2.24, 2.45) is 5.73 Å². The average Bonchev–Trinajstić information content (AvgIpc) is 2.38. The summed E-state index contributed by atoms with van der Waals surface area (Å²) in [6, 6.07) is 5.24. The van der Waals surface area contributed by atoms with E-state index in [0.29, 0.717) is 18.0 Å². The number of benzene rings is 1. The van der Waals surface area contributed by atoms with E-state index in [2.05, 4.69) is 5.32 Å². The molecule has 0 radical (unpaired) electrons. The highest BCUT2D eigenvalue weighted by molar-refractivity contribution is 5.80. The lowest BCUT2D eigenvalue weighted by Gasteiger charge is -2.19.